The number of nitrogens with zero attached hydrogens (tertiary/aromatic N) is 1. The summed E-state index contributed by atoms with van der Waals surface area (Å²) in [5.41, 5.74) is 0.510. The normalized spacial score (nSPS) is 17.5. The third-order valence-corrected chi connectivity index (χ3v) is 7.10. The fraction of sp³-hybridized carbons (Fsp3) is 0.368. The molecule has 4 rings (SSSR count). The maximum Gasteiger partial charge on any atom is 0.417 e. The van der Waals surface area contributed by atoms with Crippen LogP contribution in [0.3, 0.4) is 0 Å². The largest absolute Gasteiger partial charge is 0.490 e. The van der Waals surface area contributed by atoms with Crippen molar-refractivity contribution in [2.45, 2.75) is 30.5 Å². The van der Waals surface area contributed by atoms with Crippen LogP contribution in [0.1, 0.15) is 23.1 Å². The molecule has 0 bridgehead atoms. The van der Waals surface area contributed by atoms with E-state index in [-0.39, 0.29) is 13.1 Å². The molecule has 0 unspecified atom stereocenters. The van der Waals surface area contributed by atoms with Gasteiger partial charge in [0.15, 0.2) is 11.5 Å². The summed E-state index contributed by atoms with van der Waals surface area (Å²) in [4.78, 5) is -0.438. The molecule has 2 aromatic carbocycles. The topological polar surface area (TPSA) is 55.8 Å². The van der Waals surface area contributed by atoms with Crippen LogP contribution in [0.2, 0.25) is 5.02 Å². The first-order valence-corrected chi connectivity index (χ1v) is 10.8. The molecule has 0 aliphatic carbocycles. The van der Waals surface area contributed by atoms with E-state index in [0.29, 0.717) is 37.2 Å². The number of fused-ring (bicyclic) bond motifs is 2. The highest BCUT2D eigenvalue weighted by Crippen LogP contribution is 2.38. The molecule has 0 atom stereocenters. The fourth-order valence-corrected chi connectivity index (χ4v) is 5.09. The van der Waals surface area contributed by atoms with Crippen molar-refractivity contribution in [3.05, 3.63) is 52.0 Å². The molecule has 0 spiro atoms. The van der Waals surface area contributed by atoms with E-state index >= 15 is 0 Å². The average molecular weight is 448 g/mol. The first-order valence-electron chi connectivity index (χ1n) is 8.94. The van der Waals surface area contributed by atoms with Crippen LogP contribution in [0.5, 0.6) is 11.5 Å². The lowest BCUT2D eigenvalue weighted by molar-refractivity contribution is -0.137. The minimum Gasteiger partial charge on any atom is -0.490 e. The Morgan fingerprint density at radius 1 is 1.00 bits per heavy atom. The maximum absolute atomic E-state index is 13.1. The number of benzene rings is 2. The van der Waals surface area contributed by atoms with Crippen molar-refractivity contribution in [2.24, 2.45) is 0 Å². The third kappa shape index (κ3) is 3.91. The van der Waals surface area contributed by atoms with Crippen molar-refractivity contribution in [1.29, 1.82) is 0 Å². The average Bonchev–Trinajstić information content (AvgIpc) is 2.89. The van der Waals surface area contributed by atoms with Gasteiger partial charge in [-0.3, -0.25) is 0 Å². The highest BCUT2D eigenvalue weighted by atomic mass is 35.5. The lowest BCUT2D eigenvalue weighted by Crippen LogP contribution is -2.36. The zero-order valence-electron chi connectivity index (χ0n) is 15.1. The summed E-state index contributed by atoms with van der Waals surface area (Å²) in [7, 11) is -4.13. The zero-order valence-corrected chi connectivity index (χ0v) is 16.7. The van der Waals surface area contributed by atoms with Crippen molar-refractivity contribution >= 4 is 21.6 Å². The molecule has 0 saturated heterocycles. The summed E-state index contributed by atoms with van der Waals surface area (Å²) in [6.07, 6.45) is -3.57. The predicted octanol–water partition coefficient (Wildman–Crippen LogP) is 4.27. The van der Waals surface area contributed by atoms with E-state index in [1.54, 1.807) is 6.07 Å². The van der Waals surface area contributed by atoms with Crippen LogP contribution in [0.4, 0.5) is 13.2 Å². The Morgan fingerprint density at radius 2 is 1.66 bits per heavy atom. The van der Waals surface area contributed by atoms with Crippen LogP contribution in [0.25, 0.3) is 0 Å². The molecular formula is C19H17ClF3NO4S. The molecule has 0 aromatic heterocycles. The Morgan fingerprint density at radius 3 is 2.31 bits per heavy atom. The molecule has 5 nitrogen and oxygen atoms in total. The van der Waals surface area contributed by atoms with Gasteiger partial charge in [-0.1, -0.05) is 11.6 Å². The molecule has 2 aliphatic rings. The summed E-state index contributed by atoms with van der Waals surface area (Å²) >= 11 is 5.61. The summed E-state index contributed by atoms with van der Waals surface area (Å²) in [5.74, 6) is 1.18. The first-order chi connectivity index (χ1) is 13.7. The van der Waals surface area contributed by atoms with Gasteiger partial charge in [0, 0.05) is 19.5 Å². The van der Waals surface area contributed by atoms with Gasteiger partial charge in [-0.15, -0.1) is 0 Å². The van der Waals surface area contributed by atoms with E-state index in [1.165, 1.54) is 4.31 Å². The van der Waals surface area contributed by atoms with Gasteiger partial charge in [0.1, 0.15) is 0 Å². The molecule has 156 valence electrons. The van der Waals surface area contributed by atoms with Gasteiger partial charge in [0.25, 0.3) is 0 Å². The minimum atomic E-state index is -4.74. The smallest absolute Gasteiger partial charge is 0.417 e. The summed E-state index contributed by atoms with van der Waals surface area (Å²) in [6, 6.07) is 6.24. The molecule has 2 heterocycles. The van der Waals surface area contributed by atoms with E-state index < -0.39 is 31.7 Å². The lowest BCUT2D eigenvalue weighted by Gasteiger charge is -2.29. The number of rotatable bonds is 2. The minimum absolute atomic E-state index is 0.0400. The van der Waals surface area contributed by atoms with E-state index in [0.717, 1.165) is 29.7 Å². The summed E-state index contributed by atoms with van der Waals surface area (Å²) in [5, 5.41) is -0.541. The Hall–Kier alpha value is -1.97. The van der Waals surface area contributed by atoms with E-state index in [4.69, 9.17) is 21.1 Å². The number of halogens is 4. The predicted molar refractivity (Wildman–Crippen MR) is 99.8 cm³/mol. The summed E-state index contributed by atoms with van der Waals surface area (Å²) < 4.78 is 77.9. The Labute approximate surface area is 171 Å². The third-order valence-electron chi connectivity index (χ3n) is 4.93. The maximum atomic E-state index is 13.1. The van der Waals surface area contributed by atoms with Crippen LogP contribution in [-0.4, -0.2) is 32.5 Å². The second kappa shape index (κ2) is 7.37. The molecule has 29 heavy (non-hydrogen) atoms. The Bertz CT molecular complexity index is 1060. The van der Waals surface area contributed by atoms with Crippen LogP contribution < -0.4 is 9.47 Å². The second-order valence-electron chi connectivity index (χ2n) is 6.85. The van der Waals surface area contributed by atoms with Crippen LogP contribution in [0, 0.1) is 0 Å². The molecular weight excluding hydrogens is 431 g/mol. The van der Waals surface area contributed by atoms with Gasteiger partial charge in [-0.2, -0.15) is 17.5 Å². The highest BCUT2D eigenvalue weighted by Gasteiger charge is 2.36. The second-order valence-corrected chi connectivity index (χ2v) is 9.19. The van der Waals surface area contributed by atoms with Crippen LogP contribution >= 0.6 is 11.6 Å². The lowest BCUT2D eigenvalue weighted by atomic mass is 10.0. The molecule has 0 saturated carbocycles. The van der Waals surface area contributed by atoms with Gasteiger partial charge in [-0.05, 0) is 47.9 Å². The van der Waals surface area contributed by atoms with Crippen LogP contribution in [0.15, 0.2) is 35.2 Å². The van der Waals surface area contributed by atoms with Crippen molar-refractivity contribution in [3.8, 4) is 11.5 Å². The van der Waals surface area contributed by atoms with Gasteiger partial charge >= 0.3 is 6.18 Å². The van der Waals surface area contributed by atoms with E-state index in [1.807, 2.05) is 6.07 Å². The standard InChI is InChI=1S/C19H17ClF3NO4S/c20-16-3-2-14(10-15(16)19(21,22)23)29(25,26)24-5-4-12-8-17-18(9-13(12)11-24)28-7-1-6-27-17/h2-3,8-10H,1,4-7,11H2. The quantitative estimate of drug-likeness (QED) is 0.690. The van der Waals surface area contributed by atoms with Crippen LogP contribution in [-0.2, 0) is 29.2 Å². The number of hydrogen-bond donors (Lipinski definition) is 0. The van der Waals surface area contributed by atoms with Crippen molar-refractivity contribution < 1.29 is 31.1 Å². The van der Waals surface area contributed by atoms with Gasteiger partial charge in [-0.25, -0.2) is 8.42 Å². The molecule has 0 fully saturated rings. The molecule has 2 aliphatic heterocycles. The molecule has 2 aromatic rings. The van der Waals surface area contributed by atoms with Gasteiger partial charge in [0.2, 0.25) is 10.0 Å². The Balaban J connectivity index is 1.66. The molecule has 10 heteroatoms. The fourth-order valence-electron chi connectivity index (χ4n) is 3.42. The number of alkyl halides is 3. The van der Waals surface area contributed by atoms with Crippen molar-refractivity contribution in [1.82, 2.24) is 4.31 Å². The number of ether oxygens (including phenoxy) is 2. The number of hydrogen-bond acceptors (Lipinski definition) is 4. The van der Waals surface area contributed by atoms with E-state index in [9.17, 15) is 21.6 Å². The van der Waals surface area contributed by atoms with Gasteiger partial charge in [0.05, 0.1) is 28.7 Å². The van der Waals surface area contributed by atoms with Crippen molar-refractivity contribution in [2.75, 3.05) is 19.8 Å². The zero-order chi connectivity index (χ0) is 20.8. The SMILES string of the molecule is O=S(=O)(c1ccc(Cl)c(C(F)(F)F)c1)N1CCc2cc3c(cc2C1)OCCCO3. The van der Waals surface area contributed by atoms with Gasteiger partial charge < -0.3 is 9.47 Å². The van der Waals surface area contributed by atoms with E-state index in [2.05, 4.69) is 0 Å². The Kier molecular flexibility index (Phi) is 5.16. The molecule has 0 N–H and O–H groups in total. The first kappa shape index (κ1) is 20.3. The van der Waals surface area contributed by atoms with Crippen molar-refractivity contribution in [3.63, 3.8) is 0 Å². The highest BCUT2D eigenvalue weighted by molar-refractivity contribution is 7.89. The number of sulfonamides is 1. The molecule has 0 amide bonds. The monoisotopic (exact) mass is 447 g/mol. The molecule has 0 radical (unpaired) electrons. The summed E-state index contributed by atoms with van der Waals surface area (Å²) in [6.45, 7) is 1.24.